The molecule has 3 aromatic rings. The normalized spacial score (nSPS) is 14.5. The fraction of sp³-hybridized carbons (Fsp3) is 0.211. The number of hydrogen-bond acceptors (Lipinski definition) is 3. The zero-order valence-corrected chi connectivity index (χ0v) is 13.9. The Morgan fingerprint density at radius 3 is 2.62 bits per heavy atom. The SMILES string of the molecule is O=c1[nH]c(-c2ccc(F)cc2)c(CN2CCc3ccccc3C2)s1. The van der Waals surface area contributed by atoms with Crippen molar-refractivity contribution in [3.8, 4) is 11.3 Å². The van der Waals surface area contributed by atoms with Gasteiger partial charge in [-0.15, -0.1) is 0 Å². The molecule has 0 saturated heterocycles. The van der Waals surface area contributed by atoms with E-state index in [1.807, 2.05) is 0 Å². The summed E-state index contributed by atoms with van der Waals surface area (Å²) in [5.74, 6) is -0.273. The Balaban J connectivity index is 1.60. The van der Waals surface area contributed by atoms with Crippen LogP contribution in [0.2, 0.25) is 0 Å². The van der Waals surface area contributed by atoms with Crippen molar-refractivity contribution < 1.29 is 4.39 Å². The number of rotatable bonds is 3. The van der Waals surface area contributed by atoms with E-state index in [0.717, 1.165) is 42.2 Å². The van der Waals surface area contributed by atoms with Gasteiger partial charge in [0.05, 0.1) is 5.69 Å². The quantitative estimate of drug-likeness (QED) is 0.787. The summed E-state index contributed by atoms with van der Waals surface area (Å²) >= 11 is 1.24. The molecule has 4 rings (SSSR count). The van der Waals surface area contributed by atoms with Gasteiger partial charge < -0.3 is 4.98 Å². The minimum atomic E-state index is -0.273. The fourth-order valence-electron chi connectivity index (χ4n) is 3.21. The molecule has 0 spiro atoms. The summed E-state index contributed by atoms with van der Waals surface area (Å²) in [6.45, 7) is 2.60. The van der Waals surface area contributed by atoms with Gasteiger partial charge in [0, 0.05) is 24.5 Å². The van der Waals surface area contributed by atoms with Crippen LogP contribution in [0, 0.1) is 5.82 Å². The molecule has 0 atom stereocenters. The van der Waals surface area contributed by atoms with Crippen LogP contribution in [0.3, 0.4) is 0 Å². The number of H-pyrrole nitrogens is 1. The highest BCUT2D eigenvalue weighted by Gasteiger charge is 2.19. The topological polar surface area (TPSA) is 36.1 Å². The molecule has 0 radical (unpaired) electrons. The third-order valence-corrected chi connectivity index (χ3v) is 5.30. The van der Waals surface area contributed by atoms with E-state index >= 15 is 0 Å². The van der Waals surface area contributed by atoms with Gasteiger partial charge in [0.2, 0.25) is 0 Å². The van der Waals surface area contributed by atoms with Crippen molar-refractivity contribution in [1.29, 1.82) is 0 Å². The van der Waals surface area contributed by atoms with Gasteiger partial charge in [-0.2, -0.15) is 0 Å². The summed E-state index contributed by atoms with van der Waals surface area (Å²) in [5, 5.41) is 0. The minimum absolute atomic E-state index is 0.0678. The van der Waals surface area contributed by atoms with E-state index in [1.165, 1.54) is 34.6 Å². The number of nitrogens with one attached hydrogen (secondary N) is 1. The van der Waals surface area contributed by atoms with Crippen molar-refractivity contribution >= 4 is 11.3 Å². The zero-order chi connectivity index (χ0) is 16.5. The van der Waals surface area contributed by atoms with Gasteiger partial charge in [0.15, 0.2) is 0 Å². The third kappa shape index (κ3) is 3.05. The predicted octanol–water partition coefficient (Wildman–Crippen LogP) is 3.80. The van der Waals surface area contributed by atoms with Gasteiger partial charge in [-0.3, -0.25) is 9.69 Å². The van der Waals surface area contributed by atoms with E-state index in [0.29, 0.717) is 0 Å². The van der Waals surface area contributed by atoms with E-state index in [1.54, 1.807) is 12.1 Å². The number of halogens is 1. The first-order valence-corrected chi connectivity index (χ1v) is 8.78. The summed E-state index contributed by atoms with van der Waals surface area (Å²) in [4.78, 5) is 18.1. The lowest BCUT2D eigenvalue weighted by atomic mass is 10.00. The fourth-order valence-corrected chi connectivity index (χ4v) is 4.11. The molecule has 3 nitrogen and oxygen atoms in total. The number of aromatic nitrogens is 1. The van der Waals surface area contributed by atoms with Crippen LogP contribution in [0.4, 0.5) is 4.39 Å². The molecule has 1 aliphatic rings. The highest BCUT2D eigenvalue weighted by atomic mass is 32.1. The molecule has 2 aromatic carbocycles. The van der Waals surface area contributed by atoms with Crippen molar-refractivity contribution in [2.45, 2.75) is 19.5 Å². The van der Waals surface area contributed by atoms with Crippen LogP contribution in [-0.4, -0.2) is 16.4 Å². The van der Waals surface area contributed by atoms with E-state index in [-0.39, 0.29) is 10.7 Å². The average molecular weight is 340 g/mol. The van der Waals surface area contributed by atoms with Crippen LogP contribution < -0.4 is 4.87 Å². The standard InChI is InChI=1S/C19H17FN2OS/c20-16-7-5-14(6-8-16)18-17(24-19(23)21-18)12-22-10-9-13-3-1-2-4-15(13)11-22/h1-8H,9-12H2,(H,21,23). The molecule has 1 aliphatic heterocycles. The Kier molecular flexibility index (Phi) is 4.04. The van der Waals surface area contributed by atoms with Crippen LogP contribution in [0.25, 0.3) is 11.3 Å². The number of fused-ring (bicyclic) bond motifs is 1. The van der Waals surface area contributed by atoms with Gasteiger partial charge in [-0.25, -0.2) is 4.39 Å². The Morgan fingerprint density at radius 1 is 1.08 bits per heavy atom. The lowest BCUT2D eigenvalue weighted by Crippen LogP contribution is -2.29. The molecule has 2 heterocycles. The molecule has 0 unspecified atom stereocenters. The van der Waals surface area contributed by atoms with E-state index in [4.69, 9.17) is 0 Å². The molecule has 0 saturated carbocycles. The van der Waals surface area contributed by atoms with Crippen LogP contribution in [0.15, 0.2) is 53.3 Å². The second-order valence-corrected chi connectivity index (χ2v) is 7.12. The summed E-state index contributed by atoms with van der Waals surface area (Å²) in [7, 11) is 0. The number of aromatic amines is 1. The molecule has 1 N–H and O–H groups in total. The van der Waals surface area contributed by atoms with Crippen molar-refractivity contribution in [2.24, 2.45) is 0 Å². The zero-order valence-electron chi connectivity index (χ0n) is 13.1. The second kappa shape index (κ2) is 6.34. The minimum Gasteiger partial charge on any atom is -0.312 e. The Labute approximate surface area is 143 Å². The van der Waals surface area contributed by atoms with Gasteiger partial charge in [0.1, 0.15) is 5.82 Å². The van der Waals surface area contributed by atoms with Crippen LogP contribution in [-0.2, 0) is 19.5 Å². The first-order chi connectivity index (χ1) is 11.7. The molecule has 0 bridgehead atoms. The summed E-state index contributed by atoms with van der Waals surface area (Å²) in [6, 6.07) is 14.8. The van der Waals surface area contributed by atoms with Gasteiger partial charge >= 0.3 is 4.87 Å². The van der Waals surface area contributed by atoms with E-state index in [9.17, 15) is 9.18 Å². The van der Waals surface area contributed by atoms with Crippen LogP contribution in [0.1, 0.15) is 16.0 Å². The van der Waals surface area contributed by atoms with Crippen molar-refractivity contribution in [1.82, 2.24) is 9.88 Å². The Morgan fingerprint density at radius 2 is 1.83 bits per heavy atom. The second-order valence-electron chi connectivity index (χ2n) is 6.05. The summed E-state index contributed by atoms with van der Waals surface area (Å²) < 4.78 is 13.1. The first kappa shape index (κ1) is 15.3. The number of nitrogens with zero attached hydrogens (tertiary/aromatic N) is 1. The van der Waals surface area contributed by atoms with Crippen molar-refractivity contribution in [3.05, 3.63) is 80.0 Å². The smallest absolute Gasteiger partial charge is 0.305 e. The van der Waals surface area contributed by atoms with E-state index < -0.39 is 0 Å². The number of hydrogen-bond donors (Lipinski definition) is 1. The monoisotopic (exact) mass is 340 g/mol. The molecule has 0 amide bonds. The van der Waals surface area contributed by atoms with E-state index in [2.05, 4.69) is 34.1 Å². The van der Waals surface area contributed by atoms with Crippen molar-refractivity contribution in [2.75, 3.05) is 6.54 Å². The first-order valence-electron chi connectivity index (χ1n) is 7.96. The number of benzene rings is 2. The lowest BCUT2D eigenvalue weighted by molar-refractivity contribution is 0.248. The Bertz CT molecular complexity index is 914. The Hall–Kier alpha value is -2.24. The molecular weight excluding hydrogens is 323 g/mol. The average Bonchev–Trinajstić information content (AvgIpc) is 2.96. The highest BCUT2D eigenvalue weighted by molar-refractivity contribution is 7.09. The number of thiazole rings is 1. The summed E-state index contributed by atoms with van der Waals surface area (Å²) in [6.07, 6.45) is 1.03. The maximum Gasteiger partial charge on any atom is 0.305 e. The van der Waals surface area contributed by atoms with Crippen LogP contribution >= 0.6 is 11.3 Å². The highest BCUT2D eigenvalue weighted by Crippen LogP contribution is 2.27. The van der Waals surface area contributed by atoms with Crippen molar-refractivity contribution in [3.63, 3.8) is 0 Å². The third-order valence-electron chi connectivity index (χ3n) is 4.43. The molecule has 24 heavy (non-hydrogen) atoms. The predicted molar refractivity (Wildman–Crippen MR) is 94.6 cm³/mol. The summed E-state index contributed by atoms with van der Waals surface area (Å²) in [5.41, 5.74) is 4.43. The maximum absolute atomic E-state index is 13.1. The van der Waals surface area contributed by atoms with Gasteiger partial charge in [-0.1, -0.05) is 35.6 Å². The molecule has 0 fully saturated rings. The maximum atomic E-state index is 13.1. The van der Waals surface area contributed by atoms with Crippen LogP contribution in [0.5, 0.6) is 0 Å². The molecular formula is C19H17FN2OS. The largest absolute Gasteiger partial charge is 0.312 e. The molecule has 5 heteroatoms. The molecule has 1 aromatic heterocycles. The molecule has 122 valence electrons. The lowest BCUT2D eigenvalue weighted by Gasteiger charge is -2.28. The molecule has 0 aliphatic carbocycles. The van der Waals surface area contributed by atoms with Gasteiger partial charge in [-0.05, 0) is 47.4 Å². The van der Waals surface area contributed by atoms with Gasteiger partial charge in [0.25, 0.3) is 0 Å².